The summed E-state index contributed by atoms with van der Waals surface area (Å²) < 4.78 is 2.18. The molecule has 0 saturated carbocycles. The van der Waals surface area contributed by atoms with E-state index in [4.69, 9.17) is 9.97 Å². The topological polar surface area (TPSA) is 50.9 Å². The number of benzene rings is 5. The normalized spacial score (nSPS) is 12.3. The average molecular weight is 852 g/mol. The average Bonchev–Trinajstić information content (AvgIpc) is 3.46. The molecular weight excluding hydrogens is 806 g/mol. The zero-order chi connectivity index (χ0) is 35.6. The molecule has 51 heavy (non-hydrogen) atoms. The second-order valence-electron chi connectivity index (χ2n) is 16.5. The number of pyridine rings is 1. The van der Waals surface area contributed by atoms with E-state index in [-0.39, 0.29) is 43.1 Å². The van der Waals surface area contributed by atoms with Gasteiger partial charge in [-0.2, -0.15) is 0 Å². The van der Waals surface area contributed by atoms with Crippen LogP contribution in [0.3, 0.4) is 0 Å². The number of phenols is 1. The number of aromatic hydroxyl groups is 1. The summed E-state index contributed by atoms with van der Waals surface area (Å²) >= 11 is 0. The third-order valence-electron chi connectivity index (χ3n) is 9.73. The van der Waals surface area contributed by atoms with E-state index in [1.54, 1.807) is 6.07 Å². The van der Waals surface area contributed by atoms with Crippen molar-refractivity contribution in [3.63, 3.8) is 0 Å². The first-order chi connectivity index (χ1) is 23.6. The van der Waals surface area contributed by atoms with Crippen molar-refractivity contribution in [1.82, 2.24) is 14.5 Å². The summed E-state index contributed by atoms with van der Waals surface area (Å²) in [5.41, 5.74) is 12.0. The number of para-hydroxylation sites is 1. The maximum atomic E-state index is 11.4. The molecule has 0 aliphatic rings. The van der Waals surface area contributed by atoms with E-state index in [9.17, 15) is 5.11 Å². The van der Waals surface area contributed by atoms with Crippen molar-refractivity contribution in [2.45, 2.75) is 78.6 Å². The van der Waals surface area contributed by atoms with Crippen molar-refractivity contribution in [3.05, 3.63) is 132 Å². The Labute approximate surface area is 316 Å². The van der Waals surface area contributed by atoms with E-state index in [2.05, 4.69) is 158 Å². The van der Waals surface area contributed by atoms with E-state index < -0.39 is 0 Å². The Morgan fingerprint density at radius 2 is 1.18 bits per heavy atom. The van der Waals surface area contributed by atoms with Gasteiger partial charge >= 0.3 is 0 Å². The number of phenolic OH excluding ortho intramolecular Hbond substituents is 1. The Morgan fingerprint density at radius 1 is 0.569 bits per heavy atom. The fourth-order valence-electron chi connectivity index (χ4n) is 6.66. The minimum atomic E-state index is -0.0997. The monoisotopic (exact) mass is 851 g/mol. The number of fused-ring (bicyclic) bond motifs is 2. The molecule has 0 atom stereocenters. The molecule has 0 fully saturated rings. The molecule has 0 aliphatic heterocycles. The number of nitrogens with zero attached hydrogens (tertiary/aromatic N) is 3. The SMILES string of the molecule is CC(C)(C)c1ccc(-n2c(-c3cc(C(C)(C)C)ccc3O)nc3c(-c4[c-]c(-c5cc(C(C)(C)C)cc6cccnc56)ccc4)cccc32)cc1.[Pt]. The van der Waals surface area contributed by atoms with E-state index in [0.29, 0.717) is 11.4 Å². The van der Waals surface area contributed by atoms with Crippen LogP contribution in [0.15, 0.2) is 109 Å². The van der Waals surface area contributed by atoms with Gasteiger partial charge in [0.1, 0.15) is 11.6 Å². The van der Waals surface area contributed by atoms with Crippen LogP contribution in [0.5, 0.6) is 5.75 Å². The molecule has 262 valence electrons. The van der Waals surface area contributed by atoms with Gasteiger partial charge in [0, 0.05) is 38.5 Å². The smallest absolute Gasteiger partial charge is 0.148 e. The summed E-state index contributed by atoms with van der Waals surface area (Å²) in [5, 5.41) is 12.5. The van der Waals surface area contributed by atoms with Gasteiger partial charge in [-0.3, -0.25) is 9.55 Å². The molecule has 7 rings (SSSR count). The van der Waals surface area contributed by atoms with Gasteiger partial charge in [0.05, 0.1) is 16.6 Å². The van der Waals surface area contributed by atoms with Crippen LogP contribution < -0.4 is 0 Å². The molecule has 4 nitrogen and oxygen atoms in total. The molecule has 5 heteroatoms. The van der Waals surface area contributed by atoms with Crippen molar-refractivity contribution in [2.24, 2.45) is 0 Å². The molecule has 0 bridgehead atoms. The van der Waals surface area contributed by atoms with Crippen molar-refractivity contribution < 1.29 is 26.2 Å². The molecule has 0 aliphatic carbocycles. The molecule has 0 saturated heterocycles. The summed E-state index contributed by atoms with van der Waals surface area (Å²) in [6.45, 7) is 20.0. The van der Waals surface area contributed by atoms with Gasteiger partial charge in [-0.25, -0.2) is 4.98 Å². The Hall–Kier alpha value is -4.53. The first kappa shape index (κ1) is 36.3. The van der Waals surface area contributed by atoms with Crippen LogP contribution >= 0.6 is 0 Å². The van der Waals surface area contributed by atoms with Crippen molar-refractivity contribution in [2.75, 3.05) is 0 Å². The largest absolute Gasteiger partial charge is 0.507 e. The minimum Gasteiger partial charge on any atom is -0.507 e. The molecule has 1 N–H and O–H groups in total. The van der Waals surface area contributed by atoms with Gasteiger partial charge in [-0.1, -0.05) is 122 Å². The maximum absolute atomic E-state index is 11.4. The fourth-order valence-corrected chi connectivity index (χ4v) is 6.66. The Kier molecular flexibility index (Phi) is 9.40. The summed E-state index contributed by atoms with van der Waals surface area (Å²) in [6.07, 6.45) is 1.86. The van der Waals surface area contributed by atoms with E-state index in [0.717, 1.165) is 55.4 Å². The van der Waals surface area contributed by atoms with Gasteiger partial charge in [0.25, 0.3) is 0 Å². The third kappa shape index (κ3) is 6.91. The Balaban J connectivity index is 0.00000448. The zero-order valence-corrected chi connectivity index (χ0v) is 33.3. The number of imidazole rings is 1. The van der Waals surface area contributed by atoms with Crippen LogP contribution in [-0.4, -0.2) is 19.6 Å². The summed E-state index contributed by atoms with van der Waals surface area (Å²) in [6, 6.07) is 39.7. The number of hydrogen-bond acceptors (Lipinski definition) is 3. The number of hydrogen-bond donors (Lipinski definition) is 1. The van der Waals surface area contributed by atoms with Gasteiger partial charge < -0.3 is 5.11 Å². The van der Waals surface area contributed by atoms with Gasteiger partial charge in [-0.15, -0.1) is 35.4 Å². The van der Waals surface area contributed by atoms with Gasteiger partial charge in [0.15, 0.2) is 0 Å². The quantitative estimate of drug-likeness (QED) is 0.180. The predicted octanol–water partition coefficient (Wildman–Crippen LogP) is 12.0. The van der Waals surface area contributed by atoms with Crippen LogP contribution in [-0.2, 0) is 37.3 Å². The fraction of sp³-hybridized carbons (Fsp3) is 0.261. The van der Waals surface area contributed by atoms with E-state index >= 15 is 0 Å². The van der Waals surface area contributed by atoms with Gasteiger partial charge in [0.2, 0.25) is 0 Å². The first-order valence-corrected chi connectivity index (χ1v) is 17.5. The van der Waals surface area contributed by atoms with Crippen molar-refractivity contribution in [1.29, 1.82) is 0 Å². The molecule has 0 amide bonds. The molecule has 7 aromatic rings. The third-order valence-corrected chi connectivity index (χ3v) is 9.73. The Morgan fingerprint density at radius 3 is 1.84 bits per heavy atom. The number of aromatic nitrogens is 3. The predicted molar refractivity (Wildman–Crippen MR) is 209 cm³/mol. The molecule has 5 aromatic carbocycles. The molecule has 0 radical (unpaired) electrons. The van der Waals surface area contributed by atoms with Crippen LogP contribution in [0.2, 0.25) is 0 Å². The van der Waals surface area contributed by atoms with E-state index in [1.165, 1.54) is 11.1 Å². The molecule has 2 heterocycles. The molecular formula is C46H46N3OPt-. The zero-order valence-electron chi connectivity index (χ0n) is 31.0. The molecule has 0 spiro atoms. The summed E-state index contributed by atoms with van der Waals surface area (Å²) in [4.78, 5) is 10.2. The Bertz CT molecular complexity index is 2380. The van der Waals surface area contributed by atoms with Crippen molar-refractivity contribution >= 4 is 21.9 Å². The van der Waals surface area contributed by atoms with Crippen LogP contribution in [0, 0.1) is 6.07 Å². The standard InChI is InChI=1S/C46H46N3O.Pt/c1-44(2,3)32-18-21-35(22-19-32)49-39-17-11-16-36(42(39)48-43(49)38-27-33(45(4,5)6)20-23-40(38)50)29-13-10-14-30(25-29)37-28-34(46(7,8)9)26-31-15-12-24-47-41(31)37;/h10-24,26-28,50H,1-9H3;/q-1;. The minimum absolute atomic E-state index is 0. The van der Waals surface area contributed by atoms with Gasteiger partial charge in [-0.05, 0) is 74.7 Å². The van der Waals surface area contributed by atoms with E-state index in [1.807, 2.05) is 18.3 Å². The summed E-state index contributed by atoms with van der Waals surface area (Å²) in [5.74, 6) is 0.901. The number of rotatable bonds is 4. The van der Waals surface area contributed by atoms with Crippen LogP contribution in [0.1, 0.15) is 79.0 Å². The molecule has 0 unspecified atom stereocenters. The van der Waals surface area contributed by atoms with Crippen molar-refractivity contribution in [3.8, 4) is 45.1 Å². The first-order valence-electron chi connectivity index (χ1n) is 17.5. The second-order valence-corrected chi connectivity index (χ2v) is 16.5. The maximum Gasteiger partial charge on any atom is 0.148 e. The molecule has 2 aromatic heterocycles. The summed E-state index contributed by atoms with van der Waals surface area (Å²) in [7, 11) is 0. The van der Waals surface area contributed by atoms with Crippen LogP contribution in [0.4, 0.5) is 0 Å². The van der Waals surface area contributed by atoms with Crippen LogP contribution in [0.25, 0.3) is 61.3 Å². The second kappa shape index (κ2) is 13.2.